The summed E-state index contributed by atoms with van der Waals surface area (Å²) in [5, 5.41) is 8.95. The summed E-state index contributed by atoms with van der Waals surface area (Å²) in [5.74, 6) is -0.0765. The van der Waals surface area contributed by atoms with Crippen LogP contribution in [-0.2, 0) is 0 Å². The van der Waals surface area contributed by atoms with E-state index in [4.69, 9.17) is 22.7 Å². The lowest BCUT2D eigenvalue weighted by Gasteiger charge is -2.17. The van der Waals surface area contributed by atoms with Crippen molar-refractivity contribution in [1.82, 2.24) is 0 Å². The Labute approximate surface area is 112 Å². The van der Waals surface area contributed by atoms with Crippen LogP contribution in [-0.4, -0.2) is 12.3 Å². The Balaban J connectivity index is 2.28. The van der Waals surface area contributed by atoms with Crippen molar-refractivity contribution >= 4 is 17.3 Å². The fourth-order valence-electron chi connectivity index (χ4n) is 1.94. The molecule has 0 aliphatic carbocycles. The summed E-state index contributed by atoms with van der Waals surface area (Å²) in [6, 6.07) is 17.2. The van der Waals surface area contributed by atoms with E-state index in [-0.39, 0.29) is 5.92 Å². The van der Waals surface area contributed by atoms with E-state index in [1.807, 2.05) is 42.5 Å². The first kappa shape index (κ1) is 12.8. The van der Waals surface area contributed by atoms with Gasteiger partial charge >= 0.3 is 0 Å². The van der Waals surface area contributed by atoms with Gasteiger partial charge in [0.25, 0.3) is 0 Å². The molecule has 2 aromatic carbocycles. The molecule has 0 amide bonds. The van der Waals surface area contributed by atoms with Gasteiger partial charge in [0, 0.05) is 23.2 Å². The minimum atomic E-state index is -0.0765. The molecule has 92 valence electrons. The molecule has 0 aliphatic heterocycles. The maximum Gasteiger partial charge on any atom is 0.0473 e. The second-order valence-corrected chi connectivity index (χ2v) is 4.56. The van der Waals surface area contributed by atoms with E-state index in [9.17, 15) is 0 Å². The molecule has 0 bridgehead atoms. The first-order valence-corrected chi connectivity index (χ1v) is 6.19. The molecule has 3 N–H and O–H groups in total. The lowest BCUT2D eigenvalue weighted by atomic mass is 9.90. The average Bonchev–Trinajstić information content (AvgIpc) is 2.41. The van der Waals surface area contributed by atoms with Crippen LogP contribution in [0.1, 0.15) is 17.0 Å². The molecule has 1 atom stereocenters. The average molecular weight is 259 g/mol. The molecule has 0 saturated carbocycles. The van der Waals surface area contributed by atoms with Gasteiger partial charge in [-0.25, -0.2) is 0 Å². The summed E-state index contributed by atoms with van der Waals surface area (Å²) >= 11 is 5.85. The van der Waals surface area contributed by atoms with Crippen molar-refractivity contribution in [3.63, 3.8) is 0 Å². The summed E-state index contributed by atoms with van der Waals surface area (Å²) in [7, 11) is 0. The van der Waals surface area contributed by atoms with Crippen molar-refractivity contribution in [2.45, 2.75) is 5.92 Å². The highest BCUT2D eigenvalue weighted by Gasteiger charge is 2.16. The van der Waals surface area contributed by atoms with E-state index in [1.54, 1.807) is 12.1 Å². The van der Waals surface area contributed by atoms with Gasteiger partial charge < -0.3 is 11.1 Å². The highest BCUT2D eigenvalue weighted by atomic mass is 35.5. The topological polar surface area (TPSA) is 49.9 Å². The maximum atomic E-state index is 8.27. The highest BCUT2D eigenvalue weighted by Crippen LogP contribution is 2.21. The third-order valence-corrected chi connectivity index (χ3v) is 3.19. The molecule has 0 aromatic heterocycles. The van der Waals surface area contributed by atoms with E-state index in [0.717, 1.165) is 11.1 Å². The Hall–Kier alpha value is -1.64. The zero-order valence-electron chi connectivity index (χ0n) is 9.94. The SMILES string of the molecule is N=C(c1ccc(Cl)cc1)C(CN)c1ccccc1. The van der Waals surface area contributed by atoms with Gasteiger partial charge in [-0.1, -0.05) is 54.1 Å². The van der Waals surface area contributed by atoms with Gasteiger partial charge in [-0.3, -0.25) is 0 Å². The molecule has 3 heteroatoms. The molecule has 0 fully saturated rings. The van der Waals surface area contributed by atoms with Crippen LogP contribution in [0.5, 0.6) is 0 Å². The van der Waals surface area contributed by atoms with Crippen LogP contribution >= 0.6 is 11.6 Å². The van der Waals surface area contributed by atoms with Gasteiger partial charge in [0.2, 0.25) is 0 Å². The standard InChI is InChI=1S/C15H15ClN2/c16-13-8-6-12(7-9-13)15(18)14(10-17)11-4-2-1-3-5-11/h1-9,14,18H,10,17H2. The van der Waals surface area contributed by atoms with Gasteiger partial charge in [-0.2, -0.15) is 0 Å². The fourth-order valence-corrected chi connectivity index (χ4v) is 2.06. The molecule has 1 unspecified atom stereocenters. The van der Waals surface area contributed by atoms with Crippen LogP contribution in [0.4, 0.5) is 0 Å². The lowest BCUT2D eigenvalue weighted by molar-refractivity contribution is 0.883. The molecule has 2 aromatic rings. The van der Waals surface area contributed by atoms with Crippen LogP contribution in [0.25, 0.3) is 0 Å². The summed E-state index contributed by atoms with van der Waals surface area (Å²) in [4.78, 5) is 0. The van der Waals surface area contributed by atoms with Crippen LogP contribution in [0, 0.1) is 5.41 Å². The summed E-state index contributed by atoms with van der Waals surface area (Å²) in [6.45, 7) is 0.422. The molecule has 2 rings (SSSR count). The van der Waals surface area contributed by atoms with Crippen LogP contribution in [0.2, 0.25) is 5.02 Å². The highest BCUT2D eigenvalue weighted by molar-refractivity contribution is 6.30. The molecule has 0 spiro atoms. The third-order valence-electron chi connectivity index (χ3n) is 2.94. The number of benzene rings is 2. The van der Waals surface area contributed by atoms with E-state index >= 15 is 0 Å². The van der Waals surface area contributed by atoms with Gasteiger partial charge in [-0.15, -0.1) is 0 Å². The molecule has 0 radical (unpaired) electrons. The van der Waals surface area contributed by atoms with Crippen molar-refractivity contribution in [2.75, 3.05) is 6.54 Å². The molecule has 2 nitrogen and oxygen atoms in total. The number of rotatable bonds is 4. The quantitative estimate of drug-likeness (QED) is 0.811. The van der Waals surface area contributed by atoms with Crippen LogP contribution < -0.4 is 5.73 Å². The lowest BCUT2D eigenvalue weighted by Crippen LogP contribution is -2.21. The summed E-state index contributed by atoms with van der Waals surface area (Å²) in [6.07, 6.45) is 0. The van der Waals surface area contributed by atoms with Crippen molar-refractivity contribution in [1.29, 1.82) is 5.41 Å². The van der Waals surface area contributed by atoms with Gasteiger partial charge in [0.1, 0.15) is 0 Å². The number of hydrogen-bond acceptors (Lipinski definition) is 2. The second-order valence-electron chi connectivity index (χ2n) is 4.12. The minimum Gasteiger partial charge on any atom is -0.329 e. The zero-order chi connectivity index (χ0) is 13.0. The molecular formula is C15H15ClN2. The van der Waals surface area contributed by atoms with Gasteiger partial charge in [-0.05, 0) is 23.3 Å². The largest absolute Gasteiger partial charge is 0.329 e. The van der Waals surface area contributed by atoms with Crippen molar-refractivity contribution in [3.05, 3.63) is 70.7 Å². The molecule has 0 heterocycles. The number of nitrogens with two attached hydrogens (primary N) is 1. The minimum absolute atomic E-state index is 0.0765. The maximum absolute atomic E-state index is 8.27. The first-order chi connectivity index (χ1) is 8.72. The van der Waals surface area contributed by atoms with Crippen molar-refractivity contribution < 1.29 is 0 Å². The molecule has 0 saturated heterocycles. The zero-order valence-corrected chi connectivity index (χ0v) is 10.7. The van der Waals surface area contributed by atoms with Crippen LogP contribution in [0.3, 0.4) is 0 Å². The monoisotopic (exact) mass is 258 g/mol. The number of hydrogen-bond donors (Lipinski definition) is 2. The molecule has 18 heavy (non-hydrogen) atoms. The molecule has 0 aliphatic rings. The Morgan fingerprint density at radius 3 is 2.22 bits per heavy atom. The van der Waals surface area contributed by atoms with Gasteiger partial charge in [0.15, 0.2) is 0 Å². The Kier molecular flexibility index (Phi) is 4.13. The normalized spacial score (nSPS) is 12.1. The first-order valence-electron chi connectivity index (χ1n) is 5.81. The fraction of sp³-hybridized carbons (Fsp3) is 0.133. The summed E-state index contributed by atoms with van der Waals surface area (Å²) in [5.41, 5.74) is 8.26. The Bertz CT molecular complexity index is 520. The Morgan fingerprint density at radius 2 is 1.67 bits per heavy atom. The summed E-state index contributed by atoms with van der Waals surface area (Å²) < 4.78 is 0. The molecular weight excluding hydrogens is 244 g/mol. The van der Waals surface area contributed by atoms with Crippen molar-refractivity contribution in [3.8, 4) is 0 Å². The number of halogens is 1. The smallest absolute Gasteiger partial charge is 0.0473 e. The third kappa shape index (κ3) is 2.78. The van der Waals surface area contributed by atoms with E-state index in [1.165, 1.54) is 0 Å². The van der Waals surface area contributed by atoms with E-state index in [0.29, 0.717) is 17.3 Å². The second kappa shape index (κ2) is 5.80. The van der Waals surface area contributed by atoms with Crippen LogP contribution in [0.15, 0.2) is 54.6 Å². The Morgan fingerprint density at radius 1 is 1.06 bits per heavy atom. The predicted octanol–water partition coefficient (Wildman–Crippen LogP) is 3.45. The van der Waals surface area contributed by atoms with Gasteiger partial charge in [0.05, 0.1) is 0 Å². The van der Waals surface area contributed by atoms with E-state index < -0.39 is 0 Å². The van der Waals surface area contributed by atoms with Crippen molar-refractivity contribution in [2.24, 2.45) is 5.73 Å². The predicted molar refractivity (Wildman–Crippen MR) is 76.5 cm³/mol. The number of nitrogens with one attached hydrogen (secondary N) is 1. The van der Waals surface area contributed by atoms with E-state index in [2.05, 4.69) is 0 Å².